The summed E-state index contributed by atoms with van der Waals surface area (Å²) in [6.07, 6.45) is 1.48. The minimum Gasteiger partial charge on any atom is -0.507 e. The van der Waals surface area contributed by atoms with E-state index in [4.69, 9.17) is 14.2 Å². The maximum absolute atomic E-state index is 13.4. The minimum atomic E-state index is -0.768. The van der Waals surface area contributed by atoms with E-state index in [0.717, 1.165) is 12.0 Å². The Bertz CT molecular complexity index is 1380. The van der Waals surface area contributed by atoms with Crippen LogP contribution in [0.1, 0.15) is 43.0 Å². The average molecular weight is 528 g/mol. The van der Waals surface area contributed by atoms with Gasteiger partial charge in [-0.2, -0.15) is 0 Å². The summed E-state index contributed by atoms with van der Waals surface area (Å²) in [5, 5.41) is 11.5. The highest BCUT2D eigenvalue weighted by Gasteiger charge is 2.46. The molecule has 1 saturated heterocycles. The Morgan fingerprint density at radius 2 is 1.74 bits per heavy atom. The van der Waals surface area contributed by atoms with Crippen LogP contribution in [0.5, 0.6) is 17.2 Å². The number of nitrogens with zero attached hydrogens (tertiary/aromatic N) is 1. The van der Waals surface area contributed by atoms with Crippen molar-refractivity contribution in [2.24, 2.45) is 5.92 Å². The molecule has 1 N–H and O–H groups in total. The second-order valence-electron chi connectivity index (χ2n) is 10.2. The summed E-state index contributed by atoms with van der Waals surface area (Å²) in [5.74, 6) is 0.617. The van der Waals surface area contributed by atoms with Crippen LogP contribution in [0.2, 0.25) is 0 Å². The summed E-state index contributed by atoms with van der Waals surface area (Å²) in [4.78, 5) is 28.4. The molecule has 202 valence electrons. The van der Waals surface area contributed by atoms with Gasteiger partial charge in [-0.3, -0.25) is 9.59 Å². The first-order chi connectivity index (χ1) is 18.9. The molecule has 7 heteroatoms. The van der Waals surface area contributed by atoms with Gasteiger partial charge in [-0.25, -0.2) is 0 Å². The number of aliphatic hydroxyl groups excluding tert-OH is 1. The number of Topliss-reactive ketones (excluding diaryl/α,β-unsaturated/α-hetero) is 1. The van der Waals surface area contributed by atoms with Crippen molar-refractivity contribution in [2.45, 2.75) is 32.7 Å². The molecular weight excluding hydrogens is 494 g/mol. The van der Waals surface area contributed by atoms with Crippen LogP contribution in [0.3, 0.4) is 0 Å². The van der Waals surface area contributed by atoms with Crippen LogP contribution in [0.25, 0.3) is 5.76 Å². The summed E-state index contributed by atoms with van der Waals surface area (Å²) in [6.45, 7) is 5.99. The van der Waals surface area contributed by atoms with Gasteiger partial charge in [-0.15, -0.1) is 0 Å². The number of likely N-dealkylation sites (tertiary alicyclic amines) is 1. The zero-order chi connectivity index (χ0) is 27.4. The lowest BCUT2D eigenvalue weighted by Crippen LogP contribution is -2.31. The van der Waals surface area contributed by atoms with Gasteiger partial charge in [0.1, 0.15) is 24.7 Å². The number of hydrogen-bond donors (Lipinski definition) is 1. The molecule has 1 fully saturated rings. The Labute approximate surface area is 228 Å². The van der Waals surface area contributed by atoms with E-state index in [0.29, 0.717) is 67.1 Å². The lowest BCUT2D eigenvalue weighted by atomic mass is 9.95. The fourth-order valence-electron chi connectivity index (χ4n) is 4.88. The van der Waals surface area contributed by atoms with E-state index in [9.17, 15) is 14.7 Å². The van der Waals surface area contributed by atoms with Crippen LogP contribution in [0.15, 0.2) is 78.4 Å². The van der Waals surface area contributed by atoms with Gasteiger partial charge in [0.05, 0.1) is 18.2 Å². The monoisotopic (exact) mass is 527 g/mol. The maximum Gasteiger partial charge on any atom is 0.295 e. The summed E-state index contributed by atoms with van der Waals surface area (Å²) >= 11 is 0. The molecule has 5 rings (SSSR count). The molecule has 2 aliphatic heterocycles. The molecule has 1 amide bonds. The molecular formula is C32H33NO6. The number of ketones is 1. The lowest BCUT2D eigenvalue weighted by Gasteiger charge is -2.26. The number of aliphatic hydroxyl groups is 1. The van der Waals surface area contributed by atoms with Gasteiger partial charge in [0.15, 0.2) is 11.5 Å². The van der Waals surface area contributed by atoms with Crippen molar-refractivity contribution in [3.05, 3.63) is 95.1 Å². The zero-order valence-corrected chi connectivity index (χ0v) is 22.3. The molecule has 3 aromatic rings. The topological polar surface area (TPSA) is 85.3 Å². The van der Waals surface area contributed by atoms with E-state index in [1.165, 1.54) is 0 Å². The molecule has 0 bridgehead atoms. The zero-order valence-electron chi connectivity index (χ0n) is 22.3. The summed E-state index contributed by atoms with van der Waals surface area (Å²) in [5.41, 5.74) is 2.18. The van der Waals surface area contributed by atoms with Gasteiger partial charge in [0, 0.05) is 12.1 Å². The third-order valence-electron chi connectivity index (χ3n) is 6.98. The van der Waals surface area contributed by atoms with Crippen LogP contribution < -0.4 is 14.2 Å². The molecule has 0 aromatic heterocycles. The Kier molecular flexibility index (Phi) is 7.87. The normalized spacial score (nSPS) is 18.0. The SMILES string of the molecule is CC(C)CCOc1cccc(C2C(=C(O)c3ccc4c(c3)OCCO4)C(=O)C(=O)N2CCc2ccccc2)c1. The van der Waals surface area contributed by atoms with E-state index < -0.39 is 17.7 Å². The van der Waals surface area contributed by atoms with Crippen molar-refractivity contribution < 1.29 is 28.9 Å². The van der Waals surface area contributed by atoms with E-state index >= 15 is 0 Å². The van der Waals surface area contributed by atoms with Crippen molar-refractivity contribution in [3.63, 3.8) is 0 Å². The summed E-state index contributed by atoms with van der Waals surface area (Å²) in [7, 11) is 0. The van der Waals surface area contributed by atoms with Crippen LogP contribution in [0.4, 0.5) is 0 Å². The Hall–Kier alpha value is -4.26. The van der Waals surface area contributed by atoms with Crippen molar-refractivity contribution in [3.8, 4) is 17.2 Å². The molecule has 0 aliphatic carbocycles. The molecule has 39 heavy (non-hydrogen) atoms. The van der Waals surface area contributed by atoms with Crippen LogP contribution in [0, 0.1) is 5.92 Å². The second kappa shape index (κ2) is 11.6. The molecule has 0 saturated carbocycles. The first kappa shape index (κ1) is 26.4. The van der Waals surface area contributed by atoms with Gasteiger partial charge in [0.25, 0.3) is 11.7 Å². The van der Waals surface area contributed by atoms with Gasteiger partial charge >= 0.3 is 0 Å². The fourth-order valence-corrected chi connectivity index (χ4v) is 4.88. The third-order valence-corrected chi connectivity index (χ3v) is 6.98. The predicted molar refractivity (Wildman–Crippen MR) is 148 cm³/mol. The van der Waals surface area contributed by atoms with Crippen molar-refractivity contribution >= 4 is 17.4 Å². The highest BCUT2D eigenvalue weighted by Crippen LogP contribution is 2.41. The number of carbonyl (C=O) groups excluding carboxylic acids is 2. The number of carbonyl (C=O) groups is 2. The summed E-state index contributed by atoms with van der Waals surface area (Å²) < 4.78 is 17.3. The molecule has 3 aromatic carbocycles. The van der Waals surface area contributed by atoms with E-state index in [2.05, 4.69) is 13.8 Å². The second-order valence-corrected chi connectivity index (χ2v) is 10.2. The number of rotatable bonds is 9. The predicted octanol–water partition coefficient (Wildman–Crippen LogP) is 5.55. The Morgan fingerprint density at radius 3 is 2.51 bits per heavy atom. The molecule has 0 radical (unpaired) electrons. The standard InChI is InChI=1S/C32H33NO6/c1-21(2)14-16-37-25-10-6-9-23(19-25)29-28(30(34)24-11-12-26-27(20-24)39-18-17-38-26)31(35)32(36)33(29)15-13-22-7-4-3-5-8-22/h3-12,19-21,29,34H,13-18H2,1-2H3. The lowest BCUT2D eigenvalue weighted by molar-refractivity contribution is -0.139. The molecule has 2 heterocycles. The Morgan fingerprint density at radius 1 is 0.974 bits per heavy atom. The molecule has 0 spiro atoms. The van der Waals surface area contributed by atoms with Crippen LogP contribution in [-0.2, 0) is 16.0 Å². The van der Waals surface area contributed by atoms with E-state index in [1.807, 2.05) is 54.6 Å². The minimum absolute atomic E-state index is 0.0454. The largest absolute Gasteiger partial charge is 0.507 e. The van der Waals surface area contributed by atoms with Gasteiger partial charge in [-0.05, 0) is 60.2 Å². The van der Waals surface area contributed by atoms with Crippen LogP contribution in [-0.4, -0.2) is 48.1 Å². The first-order valence-electron chi connectivity index (χ1n) is 13.4. The van der Waals surface area contributed by atoms with Crippen molar-refractivity contribution in [1.29, 1.82) is 0 Å². The highest BCUT2D eigenvalue weighted by atomic mass is 16.6. The quantitative estimate of drug-likeness (QED) is 0.223. The molecule has 1 atom stereocenters. The van der Waals surface area contributed by atoms with Crippen molar-refractivity contribution in [1.82, 2.24) is 4.90 Å². The van der Waals surface area contributed by atoms with Gasteiger partial charge in [-0.1, -0.05) is 56.3 Å². The van der Waals surface area contributed by atoms with Gasteiger partial charge < -0.3 is 24.2 Å². The highest BCUT2D eigenvalue weighted by molar-refractivity contribution is 6.46. The summed E-state index contributed by atoms with van der Waals surface area (Å²) in [6, 6.07) is 21.5. The maximum atomic E-state index is 13.4. The fraction of sp³-hybridized carbons (Fsp3) is 0.312. The van der Waals surface area contributed by atoms with Gasteiger partial charge in [0.2, 0.25) is 0 Å². The molecule has 1 unspecified atom stereocenters. The molecule has 7 nitrogen and oxygen atoms in total. The number of benzene rings is 3. The van der Waals surface area contributed by atoms with Crippen LogP contribution >= 0.6 is 0 Å². The average Bonchev–Trinajstić information content (AvgIpc) is 3.21. The van der Waals surface area contributed by atoms with E-state index in [-0.39, 0.29) is 11.3 Å². The number of amides is 1. The number of hydrogen-bond acceptors (Lipinski definition) is 6. The Balaban J connectivity index is 1.54. The van der Waals surface area contributed by atoms with E-state index in [1.54, 1.807) is 23.1 Å². The number of fused-ring (bicyclic) bond motifs is 1. The third kappa shape index (κ3) is 5.77. The van der Waals surface area contributed by atoms with Crippen molar-refractivity contribution in [2.75, 3.05) is 26.4 Å². The smallest absolute Gasteiger partial charge is 0.295 e. The number of ether oxygens (including phenoxy) is 3. The first-order valence-corrected chi connectivity index (χ1v) is 13.4. The molecule has 2 aliphatic rings.